The topological polar surface area (TPSA) is 80.5 Å². The van der Waals surface area contributed by atoms with Crippen LogP contribution in [0.4, 0.5) is 4.79 Å². The first kappa shape index (κ1) is 16.4. The maximum atomic E-state index is 12.1. The number of urea groups is 1. The van der Waals surface area contributed by atoms with E-state index in [4.69, 9.17) is 9.26 Å². The molecule has 1 aliphatic heterocycles. The smallest absolute Gasteiger partial charge is 0.317 e. The van der Waals surface area contributed by atoms with E-state index in [1.54, 1.807) is 11.9 Å². The number of carbonyl (C=O) groups is 1. The zero-order chi connectivity index (χ0) is 16.8. The molecule has 0 radical (unpaired) electrons. The first-order chi connectivity index (χ1) is 11.7. The number of nitrogens with zero attached hydrogens (tertiary/aromatic N) is 3. The summed E-state index contributed by atoms with van der Waals surface area (Å²) in [5.41, 5.74) is 0.888. The van der Waals surface area contributed by atoms with E-state index in [1.165, 1.54) is 0 Å². The number of carbonyl (C=O) groups excluding carboxylic acids is 1. The lowest BCUT2D eigenvalue weighted by Crippen LogP contribution is -2.40. The quantitative estimate of drug-likeness (QED) is 0.876. The molecule has 3 rings (SSSR count). The van der Waals surface area contributed by atoms with Crippen LogP contribution in [-0.4, -0.2) is 54.4 Å². The molecule has 0 spiro atoms. The van der Waals surface area contributed by atoms with E-state index >= 15 is 0 Å². The number of hydrogen-bond donors (Lipinski definition) is 1. The van der Waals surface area contributed by atoms with Gasteiger partial charge in [-0.15, -0.1) is 0 Å². The van der Waals surface area contributed by atoms with Crippen molar-refractivity contribution in [2.75, 3.05) is 33.4 Å². The number of nitrogens with one attached hydrogen (secondary N) is 1. The third kappa shape index (κ3) is 4.32. The van der Waals surface area contributed by atoms with Gasteiger partial charge in [-0.3, -0.25) is 0 Å². The summed E-state index contributed by atoms with van der Waals surface area (Å²) in [5, 5.41) is 6.83. The molecule has 0 saturated carbocycles. The van der Waals surface area contributed by atoms with Crippen LogP contribution in [0.3, 0.4) is 0 Å². The minimum atomic E-state index is -0.0892. The van der Waals surface area contributed by atoms with Gasteiger partial charge in [0.25, 0.3) is 5.89 Å². The van der Waals surface area contributed by atoms with Gasteiger partial charge in [-0.25, -0.2) is 4.79 Å². The Bertz CT molecular complexity index is 653. The summed E-state index contributed by atoms with van der Waals surface area (Å²) in [6, 6.07) is 9.52. The number of hydrogen-bond acceptors (Lipinski definition) is 5. The van der Waals surface area contributed by atoms with Crippen LogP contribution in [0.5, 0.6) is 0 Å². The second-order valence-electron chi connectivity index (χ2n) is 5.97. The number of rotatable bonds is 6. The summed E-state index contributed by atoms with van der Waals surface area (Å²) in [6.07, 6.45) is 1.55. The molecule has 0 bridgehead atoms. The van der Waals surface area contributed by atoms with Crippen molar-refractivity contribution in [3.8, 4) is 11.5 Å². The van der Waals surface area contributed by atoms with Crippen molar-refractivity contribution in [3.63, 3.8) is 0 Å². The predicted molar refractivity (Wildman–Crippen MR) is 88.4 cm³/mol. The van der Waals surface area contributed by atoms with Crippen LogP contribution in [-0.2, 0) is 11.2 Å². The average molecular weight is 330 g/mol. The maximum absolute atomic E-state index is 12.1. The zero-order valence-corrected chi connectivity index (χ0v) is 13.8. The summed E-state index contributed by atoms with van der Waals surface area (Å²) in [7, 11) is 1.80. The summed E-state index contributed by atoms with van der Waals surface area (Å²) < 4.78 is 10.6. The maximum Gasteiger partial charge on any atom is 0.317 e. The van der Waals surface area contributed by atoms with Gasteiger partial charge >= 0.3 is 6.03 Å². The van der Waals surface area contributed by atoms with Crippen molar-refractivity contribution < 1.29 is 14.1 Å². The summed E-state index contributed by atoms with van der Waals surface area (Å²) >= 11 is 0. The molecular weight excluding hydrogens is 308 g/mol. The highest BCUT2D eigenvalue weighted by Gasteiger charge is 2.19. The van der Waals surface area contributed by atoms with Gasteiger partial charge in [-0.05, 0) is 18.6 Å². The van der Waals surface area contributed by atoms with Gasteiger partial charge in [-0.2, -0.15) is 4.98 Å². The van der Waals surface area contributed by atoms with E-state index in [9.17, 15) is 4.79 Å². The fraction of sp³-hybridized carbons (Fsp3) is 0.471. The standard InChI is InChI=1S/C17H22N4O3/c1-21(11-13-8-10-23-12-13)17(22)18-9-7-15-19-16(24-20-15)14-5-3-2-4-6-14/h2-6,13H,7-12H2,1H3,(H,18,22)/t13-/m0/s1. The molecule has 7 nitrogen and oxygen atoms in total. The van der Waals surface area contributed by atoms with Gasteiger partial charge < -0.3 is 19.5 Å². The Hall–Kier alpha value is -2.41. The van der Waals surface area contributed by atoms with Crippen molar-refractivity contribution in [1.82, 2.24) is 20.4 Å². The third-order valence-electron chi connectivity index (χ3n) is 4.02. The van der Waals surface area contributed by atoms with E-state index in [0.717, 1.165) is 25.2 Å². The molecule has 128 valence electrons. The normalized spacial score (nSPS) is 17.0. The second-order valence-corrected chi connectivity index (χ2v) is 5.97. The van der Waals surface area contributed by atoms with E-state index in [0.29, 0.717) is 37.1 Å². The molecule has 1 N–H and O–H groups in total. The zero-order valence-electron chi connectivity index (χ0n) is 13.8. The van der Waals surface area contributed by atoms with Gasteiger partial charge in [0.15, 0.2) is 5.82 Å². The predicted octanol–water partition coefficient (Wildman–Crippen LogP) is 1.96. The van der Waals surface area contributed by atoms with E-state index < -0.39 is 0 Å². The van der Waals surface area contributed by atoms with Crippen LogP contribution in [0, 0.1) is 5.92 Å². The van der Waals surface area contributed by atoms with Crippen LogP contribution < -0.4 is 5.32 Å². The SMILES string of the molecule is CN(C[C@@H]1CCOC1)C(=O)NCCc1noc(-c2ccccc2)n1. The molecule has 1 aliphatic rings. The first-order valence-electron chi connectivity index (χ1n) is 8.17. The number of ether oxygens (including phenoxy) is 1. The van der Waals surface area contributed by atoms with Crippen molar-refractivity contribution >= 4 is 6.03 Å². The third-order valence-corrected chi connectivity index (χ3v) is 4.02. The summed E-state index contributed by atoms with van der Waals surface area (Å²) in [4.78, 5) is 18.1. The molecule has 1 aromatic carbocycles. The summed E-state index contributed by atoms with van der Waals surface area (Å²) in [5.74, 6) is 1.52. The Morgan fingerprint density at radius 1 is 1.38 bits per heavy atom. The van der Waals surface area contributed by atoms with Crippen LogP contribution in [0.1, 0.15) is 12.2 Å². The van der Waals surface area contributed by atoms with E-state index in [-0.39, 0.29) is 6.03 Å². The largest absolute Gasteiger partial charge is 0.381 e. The van der Waals surface area contributed by atoms with Crippen molar-refractivity contribution in [3.05, 3.63) is 36.2 Å². The lowest BCUT2D eigenvalue weighted by molar-refractivity contribution is 0.171. The molecule has 7 heteroatoms. The fourth-order valence-corrected chi connectivity index (χ4v) is 2.67. The first-order valence-corrected chi connectivity index (χ1v) is 8.17. The lowest BCUT2D eigenvalue weighted by Gasteiger charge is -2.20. The number of benzene rings is 1. The molecule has 1 aromatic heterocycles. The number of aromatic nitrogens is 2. The Morgan fingerprint density at radius 2 is 2.21 bits per heavy atom. The molecule has 1 saturated heterocycles. The molecule has 2 heterocycles. The van der Waals surface area contributed by atoms with Gasteiger partial charge in [-0.1, -0.05) is 23.4 Å². The minimum absolute atomic E-state index is 0.0892. The Kier molecular flexibility index (Phi) is 5.43. The molecule has 1 atom stereocenters. The fourth-order valence-electron chi connectivity index (χ4n) is 2.67. The molecule has 24 heavy (non-hydrogen) atoms. The van der Waals surface area contributed by atoms with E-state index in [2.05, 4.69) is 15.5 Å². The highest BCUT2D eigenvalue weighted by Crippen LogP contribution is 2.16. The van der Waals surface area contributed by atoms with Crippen LogP contribution in [0.15, 0.2) is 34.9 Å². The minimum Gasteiger partial charge on any atom is -0.381 e. The Balaban J connectivity index is 1.43. The average Bonchev–Trinajstić information content (AvgIpc) is 3.27. The van der Waals surface area contributed by atoms with E-state index in [1.807, 2.05) is 30.3 Å². The molecular formula is C17H22N4O3. The van der Waals surface area contributed by atoms with Crippen LogP contribution in [0.25, 0.3) is 11.5 Å². The Labute approximate surface area is 141 Å². The Morgan fingerprint density at radius 3 is 2.96 bits per heavy atom. The van der Waals surface area contributed by atoms with Crippen molar-refractivity contribution in [1.29, 1.82) is 0 Å². The second kappa shape index (κ2) is 7.92. The highest BCUT2D eigenvalue weighted by molar-refractivity contribution is 5.73. The van der Waals surface area contributed by atoms with Gasteiger partial charge in [0.05, 0.1) is 6.61 Å². The lowest BCUT2D eigenvalue weighted by atomic mass is 10.1. The molecule has 0 unspecified atom stereocenters. The molecule has 2 aromatic rings. The van der Waals surface area contributed by atoms with Gasteiger partial charge in [0.1, 0.15) is 0 Å². The monoisotopic (exact) mass is 330 g/mol. The van der Waals surface area contributed by atoms with Gasteiger partial charge in [0.2, 0.25) is 0 Å². The van der Waals surface area contributed by atoms with Crippen LogP contribution in [0.2, 0.25) is 0 Å². The van der Waals surface area contributed by atoms with Gasteiger partial charge in [0, 0.05) is 44.6 Å². The van der Waals surface area contributed by atoms with Crippen molar-refractivity contribution in [2.45, 2.75) is 12.8 Å². The molecule has 0 aliphatic carbocycles. The highest BCUT2D eigenvalue weighted by atomic mass is 16.5. The van der Waals surface area contributed by atoms with Crippen molar-refractivity contribution in [2.24, 2.45) is 5.92 Å². The molecule has 1 fully saturated rings. The van der Waals surface area contributed by atoms with Crippen LogP contribution >= 0.6 is 0 Å². The number of amides is 2. The summed E-state index contributed by atoms with van der Waals surface area (Å²) in [6.45, 7) is 2.72. The molecule has 2 amide bonds.